The van der Waals surface area contributed by atoms with Crippen molar-refractivity contribution in [3.8, 4) is 5.75 Å². The smallest absolute Gasteiger partial charge is 0.271 e. The highest BCUT2D eigenvalue weighted by Crippen LogP contribution is 2.27. The van der Waals surface area contributed by atoms with E-state index < -0.39 is 4.92 Å². The summed E-state index contributed by atoms with van der Waals surface area (Å²) >= 11 is 0. The number of carbonyl (C=O) groups is 1. The van der Waals surface area contributed by atoms with Gasteiger partial charge in [0.2, 0.25) is 0 Å². The molecule has 0 bridgehead atoms. The van der Waals surface area contributed by atoms with Gasteiger partial charge in [0.1, 0.15) is 5.75 Å². The van der Waals surface area contributed by atoms with Gasteiger partial charge in [0, 0.05) is 42.0 Å². The van der Waals surface area contributed by atoms with Crippen LogP contribution in [0, 0.1) is 10.1 Å². The molecule has 2 aromatic carbocycles. The van der Waals surface area contributed by atoms with Crippen molar-refractivity contribution in [2.24, 2.45) is 5.10 Å². The third kappa shape index (κ3) is 4.64. The predicted molar refractivity (Wildman–Crippen MR) is 107 cm³/mol. The van der Waals surface area contributed by atoms with Crippen molar-refractivity contribution in [1.82, 2.24) is 5.43 Å². The molecule has 1 amide bonds. The van der Waals surface area contributed by atoms with E-state index >= 15 is 0 Å². The van der Waals surface area contributed by atoms with Gasteiger partial charge in [-0.2, -0.15) is 5.10 Å². The number of anilines is 1. The number of hydrazone groups is 1. The number of piperidine rings is 1. The van der Waals surface area contributed by atoms with Crippen LogP contribution in [0.15, 0.2) is 47.6 Å². The maximum Gasteiger partial charge on any atom is 0.271 e. The summed E-state index contributed by atoms with van der Waals surface area (Å²) in [4.78, 5) is 25.1. The first-order valence-electron chi connectivity index (χ1n) is 9.09. The van der Waals surface area contributed by atoms with Gasteiger partial charge in [-0.1, -0.05) is 0 Å². The first-order valence-corrected chi connectivity index (χ1v) is 9.09. The summed E-state index contributed by atoms with van der Waals surface area (Å²) in [6, 6.07) is 11.4. The number of ether oxygens (including phenoxy) is 1. The van der Waals surface area contributed by atoms with E-state index in [1.54, 1.807) is 37.4 Å². The van der Waals surface area contributed by atoms with E-state index in [0.29, 0.717) is 16.9 Å². The lowest BCUT2D eigenvalue weighted by Crippen LogP contribution is -2.30. The number of carbonyl (C=O) groups excluding carboxylic acids is 1. The molecule has 1 aliphatic heterocycles. The number of nitrogens with one attached hydrogen (secondary N) is 1. The highest BCUT2D eigenvalue weighted by Gasteiger charge is 2.17. The molecule has 0 aliphatic carbocycles. The lowest BCUT2D eigenvalue weighted by atomic mass is 10.1. The number of nitrogens with zero attached hydrogens (tertiary/aromatic N) is 3. The second-order valence-corrected chi connectivity index (χ2v) is 6.48. The molecule has 8 nitrogen and oxygen atoms in total. The van der Waals surface area contributed by atoms with Crippen LogP contribution in [0.2, 0.25) is 0 Å². The molecule has 0 aromatic heterocycles. The summed E-state index contributed by atoms with van der Waals surface area (Å²) in [7, 11) is 1.55. The first-order chi connectivity index (χ1) is 13.6. The Kier molecular flexibility index (Phi) is 6.21. The van der Waals surface area contributed by atoms with Gasteiger partial charge in [-0.05, 0) is 49.6 Å². The molecular weight excluding hydrogens is 360 g/mol. The molecule has 8 heteroatoms. The fourth-order valence-corrected chi connectivity index (χ4v) is 3.15. The van der Waals surface area contributed by atoms with Crippen molar-refractivity contribution in [3.63, 3.8) is 0 Å². The molecule has 2 aromatic rings. The summed E-state index contributed by atoms with van der Waals surface area (Å²) in [5, 5.41) is 15.1. The van der Waals surface area contributed by atoms with E-state index in [1.165, 1.54) is 24.8 Å². The number of nitro groups is 1. The number of benzene rings is 2. The third-order valence-corrected chi connectivity index (χ3v) is 4.64. The fraction of sp³-hybridized carbons (Fsp3) is 0.300. The van der Waals surface area contributed by atoms with Gasteiger partial charge in [0.15, 0.2) is 0 Å². The molecule has 3 rings (SSSR count). The molecule has 1 fully saturated rings. The van der Waals surface area contributed by atoms with E-state index in [2.05, 4.69) is 15.4 Å². The van der Waals surface area contributed by atoms with Crippen LogP contribution in [0.4, 0.5) is 11.4 Å². The maximum absolute atomic E-state index is 12.2. The van der Waals surface area contributed by atoms with Crippen molar-refractivity contribution < 1.29 is 14.5 Å². The summed E-state index contributed by atoms with van der Waals surface area (Å²) < 4.78 is 5.07. The Bertz CT molecular complexity index is 874. The highest BCUT2D eigenvalue weighted by molar-refractivity contribution is 5.95. The first kappa shape index (κ1) is 19.3. The molecule has 28 heavy (non-hydrogen) atoms. The maximum atomic E-state index is 12.2. The van der Waals surface area contributed by atoms with E-state index in [1.807, 2.05) is 0 Å². The van der Waals surface area contributed by atoms with Crippen LogP contribution in [0.1, 0.15) is 35.2 Å². The molecule has 0 unspecified atom stereocenters. The Morgan fingerprint density at radius 1 is 1.18 bits per heavy atom. The second kappa shape index (κ2) is 8.98. The van der Waals surface area contributed by atoms with Crippen LogP contribution >= 0.6 is 0 Å². The molecular formula is C20H22N4O4. The van der Waals surface area contributed by atoms with Crippen molar-refractivity contribution in [2.75, 3.05) is 25.1 Å². The Morgan fingerprint density at radius 3 is 2.54 bits per heavy atom. The van der Waals surface area contributed by atoms with E-state index in [9.17, 15) is 14.9 Å². The van der Waals surface area contributed by atoms with Crippen LogP contribution in [-0.4, -0.2) is 37.2 Å². The molecule has 1 heterocycles. The molecule has 1 saturated heterocycles. The zero-order valence-electron chi connectivity index (χ0n) is 15.6. The monoisotopic (exact) mass is 382 g/mol. The van der Waals surface area contributed by atoms with E-state index in [4.69, 9.17) is 4.74 Å². The van der Waals surface area contributed by atoms with Gasteiger partial charge in [0.25, 0.3) is 11.6 Å². The van der Waals surface area contributed by atoms with E-state index in [0.717, 1.165) is 31.6 Å². The number of non-ortho nitro benzene ring substituents is 1. The number of methoxy groups -OCH3 is 1. The largest absolute Gasteiger partial charge is 0.497 e. The number of hydrogen-bond acceptors (Lipinski definition) is 6. The Balaban J connectivity index is 1.77. The van der Waals surface area contributed by atoms with Gasteiger partial charge in [0.05, 0.1) is 18.2 Å². The topological polar surface area (TPSA) is 97.1 Å². The predicted octanol–water partition coefficient (Wildman–Crippen LogP) is 3.36. The molecule has 146 valence electrons. The lowest BCUT2D eigenvalue weighted by Gasteiger charge is -2.29. The Labute approximate surface area is 163 Å². The normalized spacial score (nSPS) is 14.1. The molecule has 0 spiro atoms. The summed E-state index contributed by atoms with van der Waals surface area (Å²) in [6.45, 7) is 1.80. The van der Waals surface area contributed by atoms with Crippen LogP contribution in [0.3, 0.4) is 0 Å². The zero-order chi connectivity index (χ0) is 19.9. The van der Waals surface area contributed by atoms with Gasteiger partial charge < -0.3 is 9.64 Å². The SMILES string of the molecule is COc1ccc(C(=O)N/N=C\c2cc([N+](=O)[O-])ccc2N2CCCCC2)cc1. The quantitative estimate of drug-likeness (QED) is 0.469. The van der Waals surface area contributed by atoms with Gasteiger partial charge in [-0.15, -0.1) is 0 Å². The molecule has 1 aliphatic rings. The zero-order valence-corrected chi connectivity index (χ0v) is 15.6. The average molecular weight is 382 g/mol. The number of nitro benzene ring substituents is 1. The number of amides is 1. The van der Waals surface area contributed by atoms with Crippen LogP contribution in [0.25, 0.3) is 0 Å². The molecule has 0 radical (unpaired) electrons. The Hall–Kier alpha value is -3.42. The standard InChI is InChI=1S/C20H22N4O4/c1-28-18-8-5-15(6-9-18)20(25)22-21-14-16-13-17(24(26)27)7-10-19(16)23-11-3-2-4-12-23/h5-10,13-14H,2-4,11-12H2,1H3,(H,22,25)/b21-14-. The van der Waals surface area contributed by atoms with Crippen molar-refractivity contribution in [1.29, 1.82) is 0 Å². The minimum atomic E-state index is -0.437. The minimum absolute atomic E-state index is 0.0105. The van der Waals surface area contributed by atoms with Gasteiger partial charge >= 0.3 is 0 Å². The molecule has 0 atom stereocenters. The molecule has 1 N–H and O–H groups in total. The van der Waals surface area contributed by atoms with Crippen LogP contribution in [-0.2, 0) is 0 Å². The van der Waals surface area contributed by atoms with Gasteiger partial charge in [-0.25, -0.2) is 5.43 Å². The summed E-state index contributed by atoms with van der Waals surface area (Å²) in [5.41, 5.74) is 4.38. The van der Waals surface area contributed by atoms with Crippen LogP contribution in [0.5, 0.6) is 5.75 Å². The van der Waals surface area contributed by atoms with E-state index in [-0.39, 0.29) is 11.6 Å². The number of rotatable bonds is 6. The Morgan fingerprint density at radius 2 is 1.89 bits per heavy atom. The van der Waals surface area contributed by atoms with Crippen LogP contribution < -0.4 is 15.1 Å². The average Bonchev–Trinajstić information content (AvgIpc) is 2.74. The van der Waals surface area contributed by atoms with Gasteiger partial charge in [-0.3, -0.25) is 14.9 Å². The number of hydrogen-bond donors (Lipinski definition) is 1. The van der Waals surface area contributed by atoms with Crippen molar-refractivity contribution >= 4 is 23.5 Å². The third-order valence-electron chi connectivity index (χ3n) is 4.64. The summed E-state index contributed by atoms with van der Waals surface area (Å²) in [6.07, 6.45) is 4.81. The van der Waals surface area contributed by atoms with Crippen molar-refractivity contribution in [3.05, 3.63) is 63.7 Å². The minimum Gasteiger partial charge on any atom is -0.497 e. The highest BCUT2D eigenvalue weighted by atomic mass is 16.6. The fourth-order valence-electron chi connectivity index (χ4n) is 3.15. The molecule has 0 saturated carbocycles. The second-order valence-electron chi connectivity index (χ2n) is 6.48. The lowest BCUT2D eigenvalue weighted by molar-refractivity contribution is -0.384. The summed E-state index contributed by atoms with van der Waals surface area (Å²) in [5.74, 6) is 0.284. The van der Waals surface area contributed by atoms with Crippen molar-refractivity contribution in [2.45, 2.75) is 19.3 Å².